The van der Waals surface area contributed by atoms with E-state index in [0.717, 1.165) is 11.4 Å². The van der Waals surface area contributed by atoms with Crippen LogP contribution < -0.4 is 0 Å². The van der Waals surface area contributed by atoms with Crippen LogP contribution in [0.25, 0.3) is 0 Å². The number of pyridine rings is 1. The summed E-state index contributed by atoms with van der Waals surface area (Å²) >= 11 is 0. The molecule has 4 heteroatoms. The highest BCUT2D eigenvalue weighted by atomic mass is 16.3. The fourth-order valence-corrected chi connectivity index (χ4v) is 1.41. The highest BCUT2D eigenvalue weighted by Gasteiger charge is 2.15. The molecule has 15 heavy (non-hydrogen) atoms. The van der Waals surface area contributed by atoms with Crippen molar-refractivity contribution >= 4 is 0 Å². The Hall–Kier alpha value is -1.81. The van der Waals surface area contributed by atoms with Gasteiger partial charge in [-0.05, 0) is 12.1 Å². The molecule has 0 saturated heterocycles. The van der Waals surface area contributed by atoms with Gasteiger partial charge in [0.25, 0.3) is 0 Å². The van der Waals surface area contributed by atoms with Crippen molar-refractivity contribution in [1.82, 2.24) is 15.0 Å². The van der Waals surface area contributed by atoms with Gasteiger partial charge >= 0.3 is 0 Å². The fourth-order valence-electron chi connectivity index (χ4n) is 1.41. The molecule has 2 heterocycles. The molecule has 0 spiro atoms. The lowest BCUT2D eigenvalue weighted by Crippen LogP contribution is -2.09. The lowest BCUT2D eigenvalue weighted by Gasteiger charge is -2.11. The second-order valence-corrected chi connectivity index (χ2v) is 3.12. The van der Waals surface area contributed by atoms with Crippen molar-refractivity contribution in [3.63, 3.8) is 0 Å². The van der Waals surface area contributed by atoms with Crippen LogP contribution in [-0.2, 0) is 0 Å². The van der Waals surface area contributed by atoms with Gasteiger partial charge in [-0.1, -0.05) is 6.07 Å². The Morgan fingerprint density at radius 3 is 2.53 bits per heavy atom. The van der Waals surface area contributed by atoms with Gasteiger partial charge in [0, 0.05) is 24.8 Å². The summed E-state index contributed by atoms with van der Waals surface area (Å²) in [6.45, 7) is -0.0181. The van der Waals surface area contributed by atoms with Crippen molar-refractivity contribution in [1.29, 1.82) is 0 Å². The van der Waals surface area contributed by atoms with Crippen LogP contribution in [0.2, 0.25) is 0 Å². The van der Waals surface area contributed by atoms with E-state index in [-0.39, 0.29) is 12.5 Å². The zero-order valence-electron chi connectivity index (χ0n) is 8.11. The number of aliphatic hydroxyl groups is 1. The van der Waals surface area contributed by atoms with Crippen molar-refractivity contribution in [2.24, 2.45) is 0 Å². The van der Waals surface area contributed by atoms with Gasteiger partial charge in [-0.3, -0.25) is 15.0 Å². The molecule has 0 aliphatic rings. The molecule has 0 amide bonds. The largest absolute Gasteiger partial charge is 0.395 e. The predicted octanol–water partition coefficient (Wildman–Crippen LogP) is 0.996. The first-order valence-corrected chi connectivity index (χ1v) is 4.69. The Bertz CT molecular complexity index is 365. The van der Waals surface area contributed by atoms with E-state index in [1.807, 2.05) is 18.2 Å². The molecule has 2 aromatic rings. The smallest absolute Gasteiger partial charge is 0.0700 e. The van der Waals surface area contributed by atoms with Crippen LogP contribution in [0.3, 0.4) is 0 Å². The number of aliphatic hydroxyl groups excluding tert-OH is 1. The zero-order valence-corrected chi connectivity index (χ0v) is 8.11. The Labute approximate surface area is 87.7 Å². The minimum absolute atomic E-state index is 0.0181. The molecule has 0 aliphatic carbocycles. The highest BCUT2D eigenvalue weighted by molar-refractivity contribution is 5.20. The Morgan fingerprint density at radius 1 is 1.07 bits per heavy atom. The summed E-state index contributed by atoms with van der Waals surface area (Å²) in [5.41, 5.74) is 1.54. The SMILES string of the molecule is OCC(c1ccccn1)c1cnccn1. The zero-order chi connectivity index (χ0) is 10.5. The van der Waals surface area contributed by atoms with Crippen LogP contribution in [-0.4, -0.2) is 26.7 Å². The second kappa shape index (κ2) is 4.61. The van der Waals surface area contributed by atoms with E-state index in [1.54, 1.807) is 24.8 Å². The highest BCUT2D eigenvalue weighted by Crippen LogP contribution is 2.18. The van der Waals surface area contributed by atoms with E-state index >= 15 is 0 Å². The Morgan fingerprint density at radius 2 is 1.93 bits per heavy atom. The maximum Gasteiger partial charge on any atom is 0.0700 e. The van der Waals surface area contributed by atoms with Gasteiger partial charge in [-0.15, -0.1) is 0 Å². The maximum absolute atomic E-state index is 9.33. The number of aromatic nitrogens is 3. The lowest BCUT2D eigenvalue weighted by molar-refractivity contribution is 0.276. The fraction of sp³-hybridized carbons (Fsp3) is 0.182. The summed E-state index contributed by atoms with van der Waals surface area (Å²) in [6.07, 6.45) is 6.57. The van der Waals surface area contributed by atoms with Gasteiger partial charge in [0.1, 0.15) is 0 Å². The van der Waals surface area contributed by atoms with Crippen molar-refractivity contribution in [3.05, 3.63) is 54.4 Å². The van der Waals surface area contributed by atoms with Gasteiger partial charge in [-0.25, -0.2) is 0 Å². The number of rotatable bonds is 3. The Kier molecular flexibility index (Phi) is 2.99. The van der Waals surface area contributed by atoms with E-state index in [2.05, 4.69) is 15.0 Å². The first-order valence-electron chi connectivity index (χ1n) is 4.69. The third-order valence-corrected chi connectivity index (χ3v) is 2.17. The molecule has 1 N–H and O–H groups in total. The lowest BCUT2D eigenvalue weighted by atomic mass is 10.0. The summed E-state index contributed by atoms with van der Waals surface area (Å²) in [4.78, 5) is 12.3. The predicted molar refractivity (Wildman–Crippen MR) is 55.2 cm³/mol. The molecule has 2 aromatic heterocycles. The molecule has 1 unspecified atom stereocenters. The van der Waals surface area contributed by atoms with Gasteiger partial charge in [0.2, 0.25) is 0 Å². The van der Waals surface area contributed by atoms with Crippen molar-refractivity contribution < 1.29 is 5.11 Å². The summed E-state index contributed by atoms with van der Waals surface area (Å²) < 4.78 is 0. The van der Waals surface area contributed by atoms with Crippen LogP contribution in [0.1, 0.15) is 17.3 Å². The molecule has 76 valence electrons. The molecule has 0 fully saturated rings. The van der Waals surface area contributed by atoms with Gasteiger partial charge in [0.15, 0.2) is 0 Å². The van der Waals surface area contributed by atoms with Crippen LogP contribution in [0.5, 0.6) is 0 Å². The quantitative estimate of drug-likeness (QED) is 0.804. The minimum Gasteiger partial charge on any atom is -0.395 e. The van der Waals surface area contributed by atoms with Gasteiger partial charge in [-0.2, -0.15) is 0 Å². The molecule has 0 bridgehead atoms. The summed E-state index contributed by atoms with van der Waals surface area (Å²) in [5, 5.41) is 9.33. The average Bonchev–Trinajstić information content (AvgIpc) is 2.33. The minimum atomic E-state index is -0.195. The number of hydrogen-bond donors (Lipinski definition) is 1. The molecule has 0 radical (unpaired) electrons. The molecular weight excluding hydrogens is 190 g/mol. The van der Waals surface area contributed by atoms with E-state index < -0.39 is 0 Å². The number of hydrogen-bond acceptors (Lipinski definition) is 4. The van der Waals surface area contributed by atoms with Crippen LogP contribution >= 0.6 is 0 Å². The van der Waals surface area contributed by atoms with Crippen molar-refractivity contribution in [2.75, 3.05) is 6.61 Å². The first-order chi connectivity index (χ1) is 7.42. The molecule has 0 aliphatic heterocycles. The molecule has 0 saturated carbocycles. The van der Waals surface area contributed by atoms with Crippen LogP contribution in [0.4, 0.5) is 0 Å². The molecule has 1 atom stereocenters. The monoisotopic (exact) mass is 201 g/mol. The van der Waals surface area contributed by atoms with E-state index in [9.17, 15) is 5.11 Å². The van der Waals surface area contributed by atoms with Crippen LogP contribution in [0.15, 0.2) is 43.0 Å². The third-order valence-electron chi connectivity index (χ3n) is 2.17. The summed E-state index contributed by atoms with van der Waals surface area (Å²) in [5.74, 6) is -0.195. The van der Waals surface area contributed by atoms with E-state index in [4.69, 9.17) is 0 Å². The molecule has 2 rings (SSSR count). The van der Waals surface area contributed by atoms with Crippen molar-refractivity contribution in [2.45, 2.75) is 5.92 Å². The molecule has 4 nitrogen and oxygen atoms in total. The summed E-state index contributed by atoms with van der Waals surface area (Å²) in [7, 11) is 0. The van der Waals surface area contributed by atoms with Gasteiger partial charge in [0.05, 0.1) is 23.9 Å². The maximum atomic E-state index is 9.33. The molecule has 0 aromatic carbocycles. The summed E-state index contributed by atoms with van der Waals surface area (Å²) in [6, 6.07) is 5.60. The van der Waals surface area contributed by atoms with E-state index in [1.165, 1.54) is 0 Å². The van der Waals surface area contributed by atoms with Crippen molar-refractivity contribution in [3.8, 4) is 0 Å². The van der Waals surface area contributed by atoms with Gasteiger partial charge < -0.3 is 5.11 Å². The normalized spacial score (nSPS) is 12.3. The average molecular weight is 201 g/mol. The standard InChI is InChI=1S/C11H11N3O/c15-8-9(10-3-1-2-4-13-10)11-7-12-5-6-14-11/h1-7,9,15H,8H2. The second-order valence-electron chi connectivity index (χ2n) is 3.12. The van der Waals surface area contributed by atoms with Crippen LogP contribution in [0, 0.1) is 0 Å². The molecular formula is C11H11N3O. The number of nitrogens with zero attached hydrogens (tertiary/aromatic N) is 3. The third kappa shape index (κ3) is 2.16. The topological polar surface area (TPSA) is 58.9 Å². The first kappa shape index (κ1) is 9.73. The Balaban J connectivity index is 2.34. The van der Waals surface area contributed by atoms with E-state index in [0.29, 0.717) is 0 Å².